The molecular weight excluding hydrogens is 299 g/mol. The lowest BCUT2D eigenvalue weighted by atomic mass is 10.2. The van der Waals surface area contributed by atoms with Gasteiger partial charge in [-0.3, -0.25) is 0 Å². The molecule has 0 aliphatic heterocycles. The Morgan fingerprint density at radius 2 is 2.19 bits per heavy atom. The van der Waals surface area contributed by atoms with Crippen LogP contribution < -0.4 is 0 Å². The standard InChI is InChI=1S/C9H4BrClN2O3/c10-4-1-2-5(6(11)3-4)7-12-13-8(16-7)9(14)15/h1-3H,(H,14,15). The molecule has 0 unspecified atom stereocenters. The molecule has 1 heterocycles. The first-order chi connectivity index (χ1) is 7.58. The van der Waals surface area contributed by atoms with E-state index in [1.807, 2.05) is 0 Å². The second kappa shape index (κ2) is 4.23. The molecule has 0 atom stereocenters. The van der Waals surface area contributed by atoms with Gasteiger partial charge < -0.3 is 9.52 Å². The van der Waals surface area contributed by atoms with Gasteiger partial charge in [0.05, 0.1) is 10.6 Å². The number of benzene rings is 1. The average molecular weight is 303 g/mol. The second-order valence-electron chi connectivity index (χ2n) is 2.84. The average Bonchev–Trinajstić information content (AvgIpc) is 2.66. The van der Waals surface area contributed by atoms with E-state index in [1.165, 1.54) is 0 Å². The molecular formula is C9H4BrClN2O3. The second-order valence-corrected chi connectivity index (χ2v) is 4.16. The van der Waals surface area contributed by atoms with E-state index in [4.69, 9.17) is 21.1 Å². The largest absolute Gasteiger partial charge is 0.474 e. The first kappa shape index (κ1) is 11.1. The fraction of sp³-hybridized carbons (Fsp3) is 0. The Morgan fingerprint density at radius 3 is 2.75 bits per heavy atom. The van der Waals surface area contributed by atoms with Crippen LogP contribution in [-0.4, -0.2) is 21.3 Å². The van der Waals surface area contributed by atoms with Crippen LogP contribution in [0.5, 0.6) is 0 Å². The Hall–Kier alpha value is -1.40. The molecule has 5 nitrogen and oxygen atoms in total. The molecule has 0 radical (unpaired) electrons. The van der Waals surface area contributed by atoms with Crippen molar-refractivity contribution in [2.24, 2.45) is 0 Å². The third-order valence-electron chi connectivity index (χ3n) is 1.77. The number of rotatable bonds is 2. The lowest BCUT2D eigenvalue weighted by Crippen LogP contribution is -1.95. The van der Waals surface area contributed by atoms with Crippen LogP contribution in [0.3, 0.4) is 0 Å². The Balaban J connectivity index is 2.46. The molecule has 2 rings (SSSR count). The van der Waals surface area contributed by atoms with E-state index >= 15 is 0 Å². The van der Waals surface area contributed by atoms with Gasteiger partial charge in [0.25, 0.3) is 0 Å². The van der Waals surface area contributed by atoms with Crippen molar-refractivity contribution in [3.05, 3.63) is 33.6 Å². The van der Waals surface area contributed by atoms with Gasteiger partial charge in [0.2, 0.25) is 5.89 Å². The van der Waals surface area contributed by atoms with Crippen LogP contribution in [0.2, 0.25) is 5.02 Å². The number of aromatic carboxylic acids is 1. The number of hydrogen-bond donors (Lipinski definition) is 1. The molecule has 1 N–H and O–H groups in total. The molecule has 0 aliphatic carbocycles. The zero-order valence-corrected chi connectivity index (χ0v) is 9.99. The monoisotopic (exact) mass is 302 g/mol. The Labute approximate surface area is 103 Å². The van der Waals surface area contributed by atoms with E-state index in [0.717, 1.165) is 4.47 Å². The molecule has 0 spiro atoms. The van der Waals surface area contributed by atoms with Crippen molar-refractivity contribution in [1.82, 2.24) is 10.2 Å². The van der Waals surface area contributed by atoms with Gasteiger partial charge in [0.1, 0.15) is 0 Å². The van der Waals surface area contributed by atoms with Crippen molar-refractivity contribution >= 4 is 33.5 Å². The summed E-state index contributed by atoms with van der Waals surface area (Å²) in [7, 11) is 0. The Bertz CT molecular complexity index is 555. The molecule has 0 amide bonds. The van der Waals surface area contributed by atoms with Gasteiger partial charge in [0.15, 0.2) is 0 Å². The molecule has 1 aromatic carbocycles. The smallest absolute Gasteiger partial charge is 0.393 e. The lowest BCUT2D eigenvalue weighted by Gasteiger charge is -1.98. The lowest BCUT2D eigenvalue weighted by molar-refractivity contribution is 0.0654. The van der Waals surface area contributed by atoms with Crippen LogP contribution in [0.4, 0.5) is 0 Å². The number of carboxylic acid groups (broad SMARTS) is 1. The van der Waals surface area contributed by atoms with Crippen molar-refractivity contribution in [1.29, 1.82) is 0 Å². The van der Waals surface area contributed by atoms with E-state index in [2.05, 4.69) is 26.1 Å². The van der Waals surface area contributed by atoms with Gasteiger partial charge in [-0.25, -0.2) is 4.79 Å². The summed E-state index contributed by atoms with van der Waals surface area (Å²) in [5.41, 5.74) is 0.491. The van der Waals surface area contributed by atoms with Gasteiger partial charge in [-0.2, -0.15) is 0 Å². The summed E-state index contributed by atoms with van der Waals surface area (Å²) in [6, 6.07) is 5.05. The third-order valence-corrected chi connectivity index (χ3v) is 2.58. The molecule has 7 heteroatoms. The molecule has 1 aromatic heterocycles. The maximum atomic E-state index is 10.5. The Kier molecular flexibility index (Phi) is 2.93. The highest BCUT2D eigenvalue weighted by molar-refractivity contribution is 9.10. The summed E-state index contributed by atoms with van der Waals surface area (Å²) >= 11 is 9.20. The summed E-state index contributed by atoms with van der Waals surface area (Å²) < 4.78 is 5.74. The maximum Gasteiger partial charge on any atom is 0.393 e. The van der Waals surface area contributed by atoms with Gasteiger partial charge in [0, 0.05) is 4.47 Å². The van der Waals surface area contributed by atoms with Crippen LogP contribution in [0.1, 0.15) is 10.7 Å². The van der Waals surface area contributed by atoms with Crippen molar-refractivity contribution in [2.75, 3.05) is 0 Å². The molecule has 0 aliphatic rings. The van der Waals surface area contributed by atoms with Gasteiger partial charge in [-0.15, -0.1) is 10.2 Å². The number of aromatic nitrogens is 2. The summed E-state index contributed by atoms with van der Waals surface area (Å²) in [6.45, 7) is 0. The van der Waals surface area contributed by atoms with E-state index in [-0.39, 0.29) is 5.89 Å². The third kappa shape index (κ3) is 2.07. The highest BCUT2D eigenvalue weighted by Gasteiger charge is 2.16. The first-order valence-corrected chi connectivity index (χ1v) is 5.27. The minimum Gasteiger partial charge on any atom is -0.474 e. The first-order valence-electron chi connectivity index (χ1n) is 4.10. The van der Waals surface area contributed by atoms with Crippen LogP contribution in [0.25, 0.3) is 11.5 Å². The Morgan fingerprint density at radius 1 is 1.44 bits per heavy atom. The molecule has 0 saturated heterocycles. The van der Waals surface area contributed by atoms with Gasteiger partial charge in [-0.1, -0.05) is 27.5 Å². The van der Waals surface area contributed by atoms with Gasteiger partial charge >= 0.3 is 11.9 Å². The number of carbonyl (C=O) groups is 1. The topological polar surface area (TPSA) is 76.2 Å². The normalized spacial score (nSPS) is 10.4. The van der Waals surface area contributed by atoms with Crippen LogP contribution >= 0.6 is 27.5 Å². The minimum absolute atomic E-state index is 0.0786. The van der Waals surface area contributed by atoms with Crippen LogP contribution in [0, 0.1) is 0 Å². The number of nitrogens with zero attached hydrogens (tertiary/aromatic N) is 2. The number of halogens is 2. The zero-order valence-electron chi connectivity index (χ0n) is 7.65. The SMILES string of the molecule is O=C(O)c1nnc(-c2ccc(Br)cc2Cl)o1. The molecule has 82 valence electrons. The summed E-state index contributed by atoms with van der Waals surface area (Å²) in [5.74, 6) is -1.66. The summed E-state index contributed by atoms with van der Waals surface area (Å²) in [6.07, 6.45) is 0. The molecule has 2 aromatic rings. The van der Waals surface area contributed by atoms with E-state index in [0.29, 0.717) is 10.6 Å². The van der Waals surface area contributed by atoms with Crippen molar-refractivity contribution in [3.8, 4) is 11.5 Å². The predicted octanol–water partition coefficient (Wildman–Crippen LogP) is 2.85. The molecule has 0 saturated carbocycles. The molecule has 16 heavy (non-hydrogen) atoms. The fourth-order valence-electron chi connectivity index (χ4n) is 1.08. The van der Waals surface area contributed by atoms with E-state index in [9.17, 15) is 4.79 Å². The highest BCUT2D eigenvalue weighted by Crippen LogP contribution is 2.29. The van der Waals surface area contributed by atoms with Gasteiger partial charge in [-0.05, 0) is 18.2 Å². The van der Waals surface area contributed by atoms with Crippen LogP contribution in [-0.2, 0) is 0 Å². The van der Waals surface area contributed by atoms with Crippen LogP contribution in [0.15, 0.2) is 27.1 Å². The number of carboxylic acids is 1. The zero-order chi connectivity index (χ0) is 11.7. The minimum atomic E-state index is -1.27. The van der Waals surface area contributed by atoms with Crippen molar-refractivity contribution in [2.45, 2.75) is 0 Å². The van der Waals surface area contributed by atoms with Crippen molar-refractivity contribution < 1.29 is 14.3 Å². The summed E-state index contributed by atoms with van der Waals surface area (Å²) in [4.78, 5) is 10.5. The highest BCUT2D eigenvalue weighted by atomic mass is 79.9. The maximum absolute atomic E-state index is 10.5. The molecule has 0 bridgehead atoms. The summed E-state index contributed by atoms with van der Waals surface area (Å²) in [5, 5.41) is 16.0. The van der Waals surface area contributed by atoms with E-state index in [1.54, 1.807) is 18.2 Å². The van der Waals surface area contributed by atoms with Crippen molar-refractivity contribution in [3.63, 3.8) is 0 Å². The number of hydrogen-bond acceptors (Lipinski definition) is 4. The molecule has 0 fully saturated rings. The fourth-order valence-corrected chi connectivity index (χ4v) is 1.84. The predicted molar refractivity (Wildman–Crippen MR) is 59.4 cm³/mol. The quantitative estimate of drug-likeness (QED) is 0.923. The van der Waals surface area contributed by atoms with E-state index < -0.39 is 11.9 Å².